The number of rotatable bonds is 5. The van der Waals surface area contributed by atoms with Crippen molar-refractivity contribution in [2.45, 2.75) is 38.2 Å². The maximum atomic E-state index is 6.02. The normalized spacial score (nSPS) is 26.0. The molecular weight excluding hydrogens is 380 g/mol. The number of hydrogen-bond acceptors (Lipinski definition) is 5. The van der Waals surface area contributed by atoms with Crippen LogP contribution in [0.2, 0.25) is 0 Å². The summed E-state index contributed by atoms with van der Waals surface area (Å²) in [7, 11) is 3.84. The van der Waals surface area contributed by atoms with Gasteiger partial charge in [0.05, 0.1) is 32.6 Å². The third kappa shape index (κ3) is 5.34. The highest BCUT2D eigenvalue weighted by molar-refractivity contribution is 5.80. The molecule has 1 aromatic rings. The second kappa shape index (κ2) is 10.1. The zero-order valence-electron chi connectivity index (χ0n) is 18.7. The quantitative estimate of drug-likeness (QED) is 0.579. The average Bonchev–Trinajstić information content (AvgIpc) is 3.22. The predicted octanol–water partition coefficient (Wildman–Crippen LogP) is 1.65. The van der Waals surface area contributed by atoms with Crippen molar-refractivity contribution in [3.05, 3.63) is 18.0 Å². The summed E-state index contributed by atoms with van der Waals surface area (Å²) in [5.74, 6) is 0.999. The Labute approximate surface area is 180 Å². The van der Waals surface area contributed by atoms with Gasteiger partial charge in [0.1, 0.15) is 6.10 Å². The first kappa shape index (κ1) is 21.6. The number of aromatic nitrogens is 2. The molecule has 1 saturated carbocycles. The zero-order valence-corrected chi connectivity index (χ0v) is 18.7. The van der Waals surface area contributed by atoms with E-state index in [1.165, 1.54) is 38.6 Å². The van der Waals surface area contributed by atoms with E-state index in [2.05, 4.69) is 25.2 Å². The van der Waals surface area contributed by atoms with Crippen molar-refractivity contribution in [2.75, 3.05) is 66.1 Å². The highest BCUT2D eigenvalue weighted by atomic mass is 16.5. The Morgan fingerprint density at radius 3 is 2.70 bits per heavy atom. The van der Waals surface area contributed by atoms with Crippen LogP contribution in [0.3, 0.4) is 0 Å². The van der Waals surface area contributed by atoms with E-state index in [1.54, 1.807) is 0 Å². The predicted molar refractivity (Wildman–Crippen MR) is 118 cm³/mol. The lowest BCUT2D eigenvalue weighted by molar-refractivity contribution is -0.00903. The Kier molecular flexibility index (Phi) is 7.28. The number of aliphatic imine (C=N–C) groups is 1. The van der Waals surface area contributed by atoms with Crippen LogP contribution in [-0.2, 0) is 16.5 Å². The van der Waals surface area contributed by atoms with E-state index >= 15 is 0 Å². The van der Waals surface area contributed by atoms with Crippen LogP contribution in [0.5, 0.6) is 0 Å². The number of ether oxygens (including phenoxy) is 2. The highest BCUT2D eigenvalue weighted by Gasteiger charge is 2.35. The fraction of sp³-hybridized carbons (Fsp3) is 0.818. The number of morpholine rings is 2. The summed E-state index contributed by atoms with van der Waals surface area (Å²) < 4.78 is 13.4. The SMILES string of the molecule is CN=C(NCC1(CN2CCOCC2)CCCCC1)N1CCOC(c2cnn(C)c2)C1. The summed E-state index contributed by atoms with van der Waals surface area (Å²) in [6.07, 6.45) is 10.6. The standard InChI is InChI=1S/C22H38N6O2/c1-23-21(28-10-13-30-20(16-28)19-14-25-26(2)15-19)24-17-22(6-4-3-5-7-22)18-27-8-11-29-12-9-27/h14-15,20H,3-13,16-18H2,1-2H3,(H,23,24). The maximum Gasteiger partial charge on any atom is 0.193 e. The van der Waals surface area contributed by atoms with Gasteiger partial charge < -0.3 is 19.7 Å². The Morgan fingerprint density at radius 2 is 2.00 bits per heavy atom. The molecule has 30 heavy (non-hydrogen) atoms. The van der Waals surface area contributed by atoms with Gasteiger partial charge in [-0.05, 0) is 12.8 Å². The van der Waals surface area contributed by atoms with Gasteiger partial charge in [-0.15, -0.1) is 0 Å². The summed E-state index contributed by atoms with van der Waals surface area (Å²) in [6, 6.07) is 0. The van der Waals surface area contributed by atoms with Gasteiger partial charge in [0.25, 0.3) is 0 Å². The highest BCUT2D eigenvalue weighted by Crippen LogP contribution is 2.37. The number of aryl methyl sites for hydroxylation is 1. The number of nitrogens with one attached hydrogen (secondary N) is 1. The molecule has 3 aliphatic rings. The van der Waals surface area contributed by atoms with E-state index in [1.807, 2.05) is 31.2 Å². The van der Waals surface area contributed by atoms with Crippen molar-refractivity contribution >= 4 is 5.96 Å². The molecular formula is C22H38N6O2. The third-order valence-corrected chi connectivity index (χ3v) is 6.87. The number of guanidine groups is 1. The number of nitrogens with zero attached hydrogens (tertiary/aromatic N) is 5. The summed E-state index contributed by atoms with van der Waals surface area (Å²) in [5, 5.41) is 8.06. The van der Waals surface area contributed by atoms with E-state index in [-0.39, 0.29) is 6.10 Å². The molecule has 0 amide bonds. The van der Waals surface area contributed by atoms with E-state index in [0.717, 1.165) is 57.5 Å². The van der Waals surface area contributed by atoms with E-state index in [9.17, 15) is 0 Å². The smallest absolute Gasteiger partial charge is 0.193 e. The van der Waals surface area contributed by atoms with Gasteiger partial charge in [-0.2, -0.15) is 5.10 Å². The first-order valence-corrected chi connectivity index (χ1v) is 11.5. The van der Waals surface area contributed by atoms with Crippen LogP contribution in [0.1, 0.15) is 43.8 Å². The molecule has 0 spiro atoms. The summed E-state index contributed by atoms with van der Waals surface area (Å²) >= 11 is 0. The lowest BCUT2D eigenvalue weighted by Gasteiger charge is -2.43. The molecule has 168 valence electrons. The Hall–Kier alpha value is -1.64. The first-order valence-electron chi connectivity index (χ1n) is 11.5. The molecule has 8 nitrogen and oxygen atoms in total. The maximum absolute atomic E-state index is 6.02. The Balaban J connectivity index is 1.37. The van der Waals surface area contributed by atoms with Gasteiger partial charge in [-0.3, -0.25) is 14.6 Å². The van der Waals surface area contributed by atoms with Gasteiger partial charge in [-0.1, -0.05) is 19.3 Å². The Bertz CT molecular complexity index is 694. The molecule has 3 heterocycles. The fourth-order valence-electron chi connectivity index (χ4n) is 5.17. The van der Waals surface area contributed by atoms with Crippen molar-refractivity contribution in [1.82, 2.24) is 24.9 Å². The van der Waals surface area contributed by atoms with E-state index in [0.29, 0.717) is 12.0 Å². The molecule has 2 aliphatic heterocycles. The van der Waals surface area contributed by atoms with Crippen molar-refractivity contribution in [3.8, 4) is 0 Å². The fourth-order valence-corrected chi connectivity index (χ4v) is 5.17. The van der Waals surface area contributed by atoms with Gasteiger partial charge in [-0.25, -0.2) is 0 Å². The molecule has 8 heteroatoms. The van der Waals surface area contributed by atoms with Crippen LogP contribution in [0.25, 0.3) is 0 Å². The van der Waals surface area contributed by atoms with E-state index in [4.69, 9.17) is 9.47 Å². The molecule has 4 rings (SSSR count). The van der Waals surface area contributed by atoms with Crippen LogP contribution < -0.4 is 5.32 Å². The van der Waals surface area contributed by atoms with Crippen LogP contribution in [0.15, 0.2) is 17.4 Å². The van der Waals surface area contributed by atoms with Crippen LogP contribution >= 0.6 is 0 Å². The second-order valence-corrected chi connectivity index (χ2v) is 9.10. The van der Waals surface area contributed by atoms with Crippen LogP contribution in [-0.4, -0.2) is 91.7 Å². The first-order chi connectivity index (χ1) is 14.7. The molecule has 3 fully saturated rings. The zero-order chi connectivity index (χ0) is 20.8. The lowest BCUT2D eigenvalue weighted by atomic mass is 9.73. The molecule has 1 N–H and O–H groups in total. The minimum atomic E-state index is 0.0444. The van der Waals surface area contributed by atoms with Crippen LogP contribution in [0, 0.1) is 5.41 Å². The average molecular weight is 419 g/mol. The van der Waals surface area contributed by atoms with Crippen LogP contribution in [0.4, 0.5) is 0 Å². The van der Waals surface area contributed by atoms with Crippen molar-refractivity contribution in [3.63, 3.8) is 0 Å². The monoisotopic (exact) mass is 418 g/mol. The Morgan fingerprint density at radius 1 is 1.20 bits per heavy atom. The number of hydrogen-bond donors (Lipinski definition) is 1. The minimum Gasteiger partial charge on any atom is -0.379 e. The van der Waals surface area contributed by atoms with Gasteiger partial charge in [0.2, 0.25) is 0 Å². The van der Waals surface area contributed by atoms with Gasteiger partial charge in [0, 0.05) is 64.0 Å². The van der Waals surface area contributed by atoms with Gasteiger partial charge >= 0.3 is 0 Å². The second-order valence-electron chi connectivity index (χ2n) is 9.10. The molecule has 1 atom stereocenters. The molecule has 0 radical (unpaired) electrons. The molecule has 1 aliphatic carbocycles. The van der Waals surface area contributed by atoms with Crippen molar-refractivity contribution < 1.29 is 9.47 Å². The molecule has 0 aromatic carbocycles. The third-order valence-electron chi connectivity index (χ3n) is 6.87. The topological polar surface area (TPSA) is 67.2 Å². The van der Waals surface area contributed by atoms with E-state index < -0.39 is 0 Å². The summed E-state index contributed by atoms with van der Waals surface area (Å²) in [5.41, 5.74) is 1.47. The largest absolute Gasteiger partial charge is 0.379 e. The molecule has 1 aromatic heterocycles. The minimum absolute atomic E-state index is 0.0444. The van der Waals surface area contributed by atoms with Crippen molar-refractivity contribution in [2.24, 2.45) is 17.5 Å². The molecule has 2 saturated heterocycles. The lowest BCUT2D eigenvalue weighted by Crippen LogP contribution is -2.53. The van der Waals surface area contributed by atoms with Gasteiger partial charge in [0.15, 0.2) is 5.96 Å². The summed E-state index contributed by atoms with van der Waals surface area (Å²) in [6.45, 7) is 8.41. The molecule has 1 unspecified atom stereocenters. The molecule has 0 bridgehead atoms. The van der Waals surface area contributed by atoms with Crippen molar-refractivity contribution in [1.29, 1.82) is 0 Å². The summed E-state index contributed by atoms with van der Waals surface area (Å²) in [4.78, 5) is 9.57.